The van der Waals surface area contributed by atoms with Gasteiger partial charge in [-0.1, -0.05) is 24.3 Å². The van der Waals surface area contributed by atoms with Gasteiger partial charge in [-0.3, -0.25) is 4.79 Å². The van der Waals surface area contributed by atoms with Crippen molar-refractivity contribution >= 4 is 11.6 Å². The van der Waals surface area contributed by atoms with Crippen molar-refractivity contribution in [1.82, 2.24) is 10.2 Å². The summed E-state index contributed by atoms with van der Waals surface area (Å²) in [5.41, 5.74) is 3.53. The van der Waals surface area contributed by atoms with Crippen LogP contribution >= 0.6 is 0 Å². The molecule has 1 heterocycles. The molecule has 0 aromatic heterocycles. The van der Waals surface area contributed by atoms with E-state index in [-0.39, 0.29) is 5.91 Å². The van der Waals surface area contributed by atoms with Crippen LogP contribution in [-0.2, 0) is 17.6 Å². The van der Waals surface area contributed by atoms with Crippen molar-refractivity contribution in [2.75, 3.05) is 51.8 Å². The summed E-state index contributed by atoms with van der Waals surface area (Å²) < 4.78 is 5.13. The smallest absolute Gasteiger partial charge is 0.224 e. The van der Waals surface area contributed by atoms with E-state index in [0.717, 1.165) is 43.9 Å². The molecular formula is C22H29N3O2. The van der Waals surface area contributed by atoms with Gasteiger partial charge in [-0.25, -0.2) is 0 Å². The first-order valence-corrected chi connectivity index (χ1v) is 9.56. The summed E-state index contributed by atoms with van der Waals surface area (Å²) in [5, 5.41) is 3.00. The van der Waals surface area contributed by atoms with Crippen molar-refractivity contribution in [2.45, 2.75) is 12.8 Å². The van der Waals surface area contributed by atoms with Crippen molar-refractivity contribution in [3.05, 3.63) is 59.7 Å². The summed E-state index contributed by atoms with van der Waals surface area (Å²) in [6.45, 7) is 5.04. The van der Waals surface area contributed by atoms with E-state index in [9.17, 15) is 4.79 Å². The number of nitrogens with zero attached hydrogens (tertiary/aromatic N) is 2. The Kier molecular flexibility index (Phi) is 6.71. The molecule has 5 nitrogen and oxygen atoms in total. The summed E-state index contributed by atoms with van der Waals surface area (Å²) in [7, 11) is 3.81. The fourth-order valence-electron chi connectivity index (χ4n) is 3.28. The Balaban J connectivity index is 1.41. The van der Waals surface area contributed by atoms with Crippen molar-refractivity contribution in [3.63, 3.8) is 0 Å². The Bertz CT molecular complexity index is 720. The fraction of sp³-hybridized carbons (Fsp3) is 0.409. The van der Waals surface area contributed by atoms with Crippen LogP contribution in [0, 0.1) is 0 Å². The van der Waals surface area contributed by atoms with Crippen LogP contribution in [-0.4, -0.2) is 57.7 Å². The minimum atomic E-state index is 0.0502. The predicted octanol–water partition coefficient (Wildman–Crippen LogP) is 2.35. The van der Waals surface area contributed by atoms with E-state index in [0.29, 0.717) is 13.0 Å². The lowest BCUT2D eigenvalue weighted by Gasteiger charge is -2.34. The number of nitrogens with one attached hydrogen (secondary N) is 1. The minimum absolute atomic E-state index is 0.0502. The molecule has 2 aromatic rings. The maximum atomic E-state index is 12.1. The number of amides is 1. The zero-order valence-electron chi connectivity index (χ0n) is 16.3. The zero-order valence-corrected chi connectivity index (χ0v) is 16.3. The van der Waals surface area contributed by atoms with Gasteiger partial charge in [-0.15, -0.1) is 0 Å². The molecule has 0 aliphatic carbocycles. The molecule has 0 bridgehead atoms. The van der Waals surface area contributed by atoms with E-state index < -0.39 is 0 Å². The van der Waals surface area contributed by atoms with Gasteiger partial charge in [0.25, 0.3) is 0 Å². The number of carbonyl (C=O) groups excluding carboxylic acids is 1. The first-order valence-electron chi connectivity index (χ1n) is 9.56. The maximum absolute atomic E-state index is 12.1. The van der Waals surface area contributed by atoms with Crippen molar-refractivity contribution < 1.29 is 9.53 Å². The SMILES string of the molecule is COc1ccc(CC(=O)NCCc2ccc(N3CCN(C)CC3)cc2)cc1. The van der Waals surface area contributed by atoms with Crippen LogP contribution in [0.1, 0.15) is 11.1 Å². The lowest BCUT2D eigenvalue weighted by Crippen LogP contribution is -2.44. The third-order valence-corrected chi connectivity index (χ3v) is 5.06. The van der Waals surface area contributed by atoms with Crippen LogP contribution in [0.4, 0.5) is 5.69 Å². The highest BCUT2D eigenvalue weighted by molar-refractivity contribution is 5.78. The highest BCUT2D eigenvalue weighted by Crippen LogP contribution is 2.17. The molecule has 1 aliphatic heterocycles. The number of benzene rings is 2. The normalized spacial score (nSPS) is 14.8. The second-order valence-corrected chi connectivity index (χ2v) is 7.08. The van der Waals surface area contributed by atoms with E-state index in [1.807, 2.05) is 24.3 Å². The van der Waals surface area contributed by atoms with Crippen LogP contribution in [0.3, 0.4) is 0 Å². The van der Waals surface area contributed by atoms with Crippen LogP contribution in [0.5, 0.6) is 5.75 Å². The first kappa shape index (κ1) is 19.2. The zero-order chi connectivity index (χ0) is 19.1. The van der Waals surface area contributed by atoms with E-state index >= 15 is 0 Å². The molecule has 27 heavy (non-hydrogen) atoms. The molecule has 144 valence electrons. The number of likely N-dealkylation sites (N-methyl/N-ethyl adjacent to an activating group) is 1. The van der Waals surface area contributed by atoms with Gasteiger partial charge in [-0.05, 0) is 48.9 Å². The van der Waals surface area contributed by atoms with Crippen LogP contribution in [0.15, 0.2) is 48.5 Å². The monoisotopic (exact) mass is 367 g/mol. The third kappa shape index (κ3) is 5.73. The quantitative estimate of drug-likeness (QED) is 0.816. The summed E-state index contributed by atoms with van der Waals surface area (Å²) in [4.78, 5) is 16.9. The molecule has 5 heteroatoms. The molecule has 1 aliphatic rings. The number of anilines is 1. The number of piperazine rings is 1. The molecule has 1 saturated heterocycles. The molecule has 0 atom stereocenters. The van der Waals surface area contributed by atoms with Crippen LogP contribution < -0.4 is 15.0 Å². The molecule has 0 radical (unpaired) electrons. The standard InChI is InChI=1S/C22H29N3O2/c1-24-13-15-25(16-14-24)20-7-3-18(4-8-20)11-12-23-22(26)17-19-5-9-21(27-2)10-6-19/h3-10H,11-17H2,1-2H3,(H,23,26). The predicted molar refractivity (Wildman–Crippen MR) is 110 cm³/mol. The largest absolute Gasteiger partial charge is 0.497 e. The van der Waals surface area contributed by atoms with Gasteiger partial charge in [0.15, 0.2) is 0 Å². The third-order valence-electron chi connectivity index (χ3n) is 5.06. The lowest BCUT2D eigenvalue weighted by molar-refractivity contribution is -0.120. The highest BCUT2D eigenvalue weighted by atomic mass is 16.5. The Hall–Kier alpha value is -2.53. The van der Waals surface area contributed by atoms with Crippen molar-refractivity contribution in [3.8, 4) is 5.75 Å². The maximum Gasteiger partial charge on any atom is 0.224 e. The number of hydrogen-bond donors (Lipinski definition) is 1. The lowest BCUT2D eigenvalue weighted by atomic mass is 10.1. The van der Waals surface area contributed by atoms with Crippen LogP contribution in [0.25, 0.3) is 0 Å². The number of methoxy groups -OCH3 is 1. The summed E-state index contributed by atoms with van der Waals surface area (Å²) in [6.07, 6.45) is 1.24. The first-order chi connectivity index (χ1) is 13.1. The Morgan fingerprint density at radius 3 is 2.22 bits per heavy atom. The van der Waals surface area contributed by atoms with Crippen molar-refractivity contribution in [2.24, 2.45) is 0 Å². The van der Waals surface area contributed by atoms with Crippen molar-refractivity contribution in [1.29, 1.82) is 0 Å². The van der Waals surface area contributed by atoms with Gasteiger partial charge in [0.2, 0.25) is 5.91 Å². The molecule has 1 amide bonds. The van der Waals surface area contributed by atoms with E-state index in [1.54, 1.807) is 7.11 Å². The summed E-state index contributed by atoms with van der Waals surface area (Å²) in [5.74, 6) is 0.855. The minimum Gasteiger partial charge on any atom is -0.497 e. The highest BCUT2D eigenvalue weighted by Gasteiger charge is 2.13. The van der Waals surface area contributed by atoms with E-state index in [2.05, 4.69) is 46.4 Å². The number of rotatable bonds is 7. The molecule has 2 aromatic carbocycles. The number of hydrogen-bond acceptors (Lipinski definition) is 4. The Morgan fingerprint density at radius 1 is 0.963 bits per heavy atom. The summed E-state index contributed by atoms with van der Waals surface area (Å²) in [6, 6.07) is 16.3. The van der Waals surface area contributed by atoms with Gasteiger partial charge < -0.3 is 19.9 Å². The molecule has 0 unspecified atom stereocenters. The topological polar surface area (TPSA) is 44.8 Å². The molecule has 0 spiro atoms. The average molecular weight is 367 g/mol. The second kappa shape index (κ2) is 9.42. The van der Waals surface area contributed by atoms with Gasteiger partial charge in [0.05, 0.1) is 13.5 Å². The Morgan fingerprint density at radius 2 is 1.59 bits per heavy atom. The summed E-state index contributed by atoms with van der Waals surface area (Å²) >= 11 is 0. The Labute approximate surface area is 161 Å². The van der Waals surface area contributed by atoms with Crippen LogP contribution in [0.2, 0.25) is 0 Å². The van der Waals surface area contributed by atoms with Gasteiger partial charge in [0, 0.05) is 38.4 Å². The molecule has 1 N–H and O–H groups in total. The molecule has 3 rings (SSSR count). The average Bonchev–Trinajstić information content (AvgIpc) is 2.70. The molecule has 1 fully saturated rings. The van der Waals surface area contributed by atoms with E-state index in [1.165, 1.54) is 11.3 Å². The van der Waals surface area contributed by atoms with Gasteiger partial charge in [-0.2, -0.15) is 0 Å². The van der Waals surface area contributed by atoms with E-state index in [4.69, 9.17) is 4.74 Å². The number of carbonyl (C=O) groups is 1. The molecule has 0 saturated carbocycles. The molecular weight excluding hydrogens is 338 g/mol. The number of ether oxygens (including phenoxy) is 1. The fourth-order valence-corrected chi connectivity index (χ4v) is 3.28. The van der Waals surface area contributed by atoms with Gasteiger partial charge >= 0.3 is 0 Å². The van der Waals surface area contributed by atoms with Gasteiger partial charge in [0.1, 0.15) is 5.75 Å². The second-order valence-electron chi connectivity index (χ2n) is 7.08.